The average molecular weight is 248 g/mol. The van der Waals surface area contributed by atoms with Crippen LogP contribution < -0.4 is 10.8 Å². The summed E-state index contributed by atoms with van der Waals surface area (Å²) in [7, 11) is 2.88. The Labute approximate surface area is 93.5 Å². The van der Waals surface area contributed by atoms with Gasteiger partial charge in [-0.15, -0.1) is 0 Å². The summed E-state index contributed by atoms with van der Waals surface area (Å²) in [4.78, 5) is 19.3. The third-order valence-corrected chi connectivity index (χ3v) is 3.17. The first kappa shape index (κ1) is 12.1. The molecule has 0 bridgehead atoms. The van der Waals surface area contributed by atoms with E-state index >= 15 is 0 Å². The first-order valence-corrected chi connectivity index (χ1v) is 6.27. The Morgan fingerprint density at radius 2 is 2.27 bits per heavy atom. The summed E-state index contributed by atoms with van der Waals surface area (Å²) >= 11 is 0. The normalized spacial score (nSPS) is 10.0. The highest BCUT2D eigenvalue weighted by molar-refractivity contribution is 8.76. The van der Waals surface area contributed by atoms with Crippen LogP contribution in [0.5, 0.6) is 5.75 Å². The molecular weight excluding hydrogens is 240 g/mol. The van der Waals surface area contributed by atoms with Crippen LogP contribution in [0.3, 0.4) is 0 Å². The number of nitro benzene ring substituents is 1. The lowest BCUT2D eigenvalue weighted by atomic mass is 10.3. The SMILES string of the molecule is CSSc1ccc([N+](=O)[O-])cc1OON. The van der Waals surface area contributed by atoms with Crippen LogP contribution in [0, 0.1) is 10.1 Å². The van der Waals surface area contributed by atoms with E-state index in [0.29, 0.717) is 4.90 Å². The van der Waals surface area contributed by atoms with Gasteiger partial charge in [-0.2, -0.15) is 5.90 Å². The molecule has 0 radical (unpaired) electrons. The largest absolute Gasteiger partial charge is 0.318 e. The van der Waals surface area contributed by atoms with Gasteiger partial charge in [0.25, 0.3) is 5.69 Å². The van der Waals surface area contributed by atoms with Gasteiger partial charge in [0, 0.05) is 6.07 Å². The van der Waals surface area contributed by atoms with Crippen LogP contribution in [0.1, 0.15) is 0 Å². The second kappa shape index (κ2) is 5.81. The van der Waals surface area contributed by atoms with E-state index in [-0.39, 0.29) is 11.4 Å². The molecule has 0 aromatic heterocycles. The molecule has 1 aromatic rings. The van der Waals surface area contributed by atoms with Crippen molar-refractivity contribution in [1.29, 1.82) is 0 Å². The predicted octanol–water partition coefficient (Wildman–Crippen LogP) is 2.15. The minimum Gasteiger partial charge on any atom is -0.318 e. The predicted molar refractivity (Wildman–Crippen MR) is 58.4 cm³/mol. The van der Waals surface area contributed by atoms with Crippen molar-refractivity contribution in [3.63, 3.8) is 0 Å². The van der Waals surface area contributed by atoms with Gasteiger partial charge >= 0.3 is 0 Å². The minimum absolute atomic E-state index is 0.0764. The van der Waals surface area contributed by atoms with Gasteiger partial charge in [0.2, 0.25) is 0 Å². The number of nitrogens with two attached hydrogens (primary N) is 1. The molecule has 0 unspecified atom stereocenters. The van der Waals surface area contributed by atoms with Crippen molar-refractivity contribution >= 4 is 27.3 Å². The molecule has 0 aliphatic rings. The van der Waals surface area contributed by atoms with Crippen molar-refractivity contribution in [1.82, 2.24) is 0 Å². The quantitative estimate of drug-likeness (QED) is 0.369. The van der Waals surface area contributed by atoms with E-state index in [1.807, 2.05) is 6.26 Å². The van der Waals surface area contributed by atoms with E-state index < -0.39 is 4.92 Å². The molecule has 6 nitrogen and oxygen atoms in total. The number of nitro groups is 1. The molecule has 0 spiro atoms. The highest BCUT2D eigenvalue weighted by atomic mass is 33.1. The molecule has 2 N–H and O–H groups in total. The van der Waals surface area contributed by atoms with Gasteiger partial charge in [0.15, 0.2) is 5.75 Å². The fourth-order valence-electron chi connectivity index (χ4n) is 0.886. The molecule has 0 aliphatic carbocycles. The Hall–Kier alpha value is -0.960. The second-order valence-corrected chi connectivity index (χ2v) is 4.76. The van der Waals surface area contributed by atoms with Crippen LogP contribution in [-0.4, -0.2) is 11.2 Å². The maximum absolute atomic E-state index is 10.5. The lowest BCUT2D eigenvalue weighted by Crippen LogP contribution is -2.04. The molecule has 0 aliphatic heterocycles. The highest BCUT2D eigenvalue weighted by Gasteiger charge is 2.13. The molecule has 0 saturated carbocycles. The summed E-state index contributed by atoms with van der Waals surface area (Å²) in [5, 5.41) is 10.5. The van der Waals surface area contributed by atoms with Gasteiger partial charge in [-0.05, 0) is 12.3 Å². The number of hydrogen-bond donors (Lipinski definition) is 1. The number of non-ortho nitro benzene ring substituents is 1. The van der Waals surface area contributed by atoms with Crippen LogP contribution in [0.4, 0.5) is 5.69 Å². The third-order valence-electron chi connectivity index (χ3n) is 1.45. The molecular formula is C7H8N2O4S2. The van der Waals surface area contributed by atoms with Crippen molar-refractivity contribution < 1.29 is 14.8 Å². The molecule has 0 fully saturated rings. The second-order valence-electron chi connectivity index (χ2n) is 2.32. The monoisotopic (exact) mass is 248 g/mol. The van der Waals surface area contributed by atoms with E-state index in [4.69, 9.17) is 5.90 Å². The zero-order chi connectivity index (χ0) is 11.3. The maximum Gasteiger partial charge on any atom is 0.273 e. The lowest BCUT2D eigenvalue weighted by Gasteiger charge is -2.05. The van der Waals surface area contributed by atoms with Crippen molar-refractivity contribution in [3.8, 4) is 5.75 Å². The Morgan fingerprint density at radius 1 is 1.53 bits per heavy atom. The molecule has 8 heteroatoms. The summed E-state index contributed by atoms with van der Waals surface area (Å²) in [5.74, 6) is 4.97. The summed E-state index contributed by atoms with van der Waals surface area (Å²) < 4.78 is 0. The Kier molecular flexibility index (Phi) is 4.69. The van der Waals surface area contributed by atoms with Gasteiger partial charge in [-0.1, -0.05) is 26.6 Å². The van der Waals surface area contributed by atoms with Crippen LogP contribution in [-0.2, 0) is 4.99 Å². The van der Waals surface area contributed by atoms with Crippen LogP contribution in [0.2, 0.25) is 0 Å². The zero-order valence-electron chi connectivity index (χ0n) is 7.71. The van der Waals surface area contributed by atoms with Crippen molar-refractivity contribution in [3.05, 3.63) is 28.3 Å². The van der Waals surface area contributed by atoms with Crippen LogP contribution in [0.15, 0.2) is 23.1 Å². The summed E-state index contributed by atoms with van der Waals surface area (Å²) in [6.07, 6.45) is 1.87. The molecule has 0 atom stereocenters. The van der Waals surface area contributed by atoms with Crippen molar-refractivity contribution in [2.75, 3.05) is 6.26 Å². The molecule has 1 rings (SSSR count). The number of rotatable bonds is 5. The summed E-state index contributed by atoms with van der Waals surface area (Å²) in [5.41, 5.74) is -0.0764. The van der Waals surface area contributed by atoms with Crippen molar-refractivity contribution in [2.45, 2.75) is 4.90 Å². The summed E-state index contributed by atoms with van der Waals surface area (Å²) in [6, 6.07) is 4.22. The number of nitrogens with zero attached hydrogens (tertiary/aromatic N) is 1. The minimum atomic E-state index is -0.517. The molecule has 82 valence electrons. The standard InChI is InChI=1S/C7H8N2O4S2/c1-14-15-7-3-2-5(9(10)11)4-6(7)12-13-8/h2-4H,8H2,1H3. The lowest BCUT2D eigenvalue weighted by molar-refractivity contribution is -0.385. The topological polar surface area (TPSA) is 87.6 Å². The van der Waals surface area contributed by atoms with Gasteiger partial charge in [0.1, 0.15) is 0 Å². The van der Waals surface area contributed by atoms with Crippen LogP contribution in [0.25, 0.3) is 0 Å². The van der Waals surface area contributed by atoms with E-state index in [9.17, 15) is 10.1 Å². The van der Waals surface area contributed by atoms with Gasteiger partial charge < -0.3 is 4.89 Å². The smallest absolute Gasteiger partial charge is 0.273 e. The fourth-order valence-corrected chi connectivity index (χ4v) is 2.32. The molecule has 0 heterocycles. The third kappa shape index (κ3) is 3.27. The Balaban J connectivity index is 3.02. The van der Waals surface area contributed by atoms with E-state index in [2.05, 4.69) is 9.88 Å². The van der Waals surface area contributed by atoms with E-state index in [1.54, 1.807) is 6.07 Å². The molecule has 0 saturated heterocycles. The Bertz CT molecular complexity index is 361. The average Bonchev–Trinajstić information content (AvgIpc) is 2.21. The number of hydrogen-bond acceptors (Lipinski definition) is 7. The van der Waals surface area contributed by atoms with Crippen molar-refractivity contribution in [2.24, 2.45) is 5.90 Å². The Morgan fingerprint density at radius 3 is 2.80 bits per heavy atom. The van der Waals surface area contributed by atoms with Gasteiger partial charge in [-0.25, -0.2) is 0 Å². The molecule has 15 heavy (non-hydrogen) atoms. The van der Waals surface area contributed by atoms with Crippen LogP contribution >= 0.6 is 21.6 Å². The first-order valence-electron chi connectivity index (χ1n) is 3.71. The van der Waals surface area contributed by atoms with Gasteiger partial charge in [0.05, 0.1) is 15.9 Å². The maximum atomic E-state index is 10.5. The fraction of sp³-hybridized carbons (Fsp3) is 0.143. The van der Waals surface area contributed by atoms with E-state index in [1.165, 1.54) is 33.7 Å². The van der Waals surface area contributed by atoms with Gasteiger partial charge in [-0.3, -0.25) is 10.1 Å². The first-order chi connectivity index (χ1) is 7.19. The summed E-state index contributed by atoms with van der Waals surface area (Å²) in [6.45, 7) is 0. The highest BCUT2D eigenvalue weighted by Crippen LogP contribution is 2.37. The molecule has 0 amide bonds. The molecule has 1 aromatic carbocycles. The zero-order valence-corrected chi connectivity index (χ0v) is 9.34. The van der Waals surface area contributed by atoms with E-state index in [0.717, 1.165) is 0 Å². The number of benzene rings is 1.